The first-order chi connectivity index (χ1) is 13.7. The molecule has 6 nitrogen and oxygen atoms in total. The first-order valence-corrected chi connectivity index (χ1v) is 8.94. The Balaban J connectivity index is 1.50. The van der Waals surface area contributed by atoms with Gasteiger partial charge in [0, 0.05) is 30.7 Å². The van der Waals surface area contributed by atoms with Gasteiger partial charge >= 0.3 is 0 Å². The van der Waals surface area contributed by atoms with Crippen LogP contribution in [0.25, 0.3) is 33.2 Å². The van der Waals surface area contributed by atoms with Crippen LogP contribution < -0.4 is 5.32 Å². The summed E-state index contributed by atoms with van der Waals surface area (Å²) in [7, 11) is 1.92. The van der Waals surface area contributed by atoms with Crippen LogP contribution in [0.2, 0.25) is 0 Å². The van der Waals surface area contributed by atoms with Gasteiger partial charge in [0.15, 0.2) is 0 Å². The van der Waals surface area contributed by atoms with Crippen LogP contribution in [0.5, 0.6) is 0 Å². The van der Waals surface area contributed by atoms with E-state index in [1.165, 1.54) is 0 Å². The van der Waals surface area contributed by atoms with E-state index < -0.39 is 0 Å². The van der Waals surface area contributed by atoms with Gasteiger partial charge in [-0.1, -0.05) is 30.3 Å². The maximum Gasteiger partial charge on any atom is 0.259 e. The first kappa shape index (κ1) is 16.3. The van der Waals surface area contributed by atoms with Gasteiger partial charge in [0.25, 0.3) is 5.91 Å². The monoisotopic (exact) mass is 367 g/mol. The molecule has 0 radical (unpaired) electrons. The molecule has 28 heavy (non-hydrogen) atoms. The predicted molar refractivity (Wildman–Crippen MR) is 110 cm³/mol. The third-order valence-electron chi connectivity index (χ3n) is 4.86. The molecule has 1 amide bonds. The second-order valence-corrected chi connectivity index (χ2v) is 6.70. The maximum atomic E-state index is 12.9. The molecule has 0 spiro atoms. The van der Waals surface area contributed by atoms with E-state index in [1.54, 1.807) is 6.33 Å². The molecule has 5 aromatic rings. The lowest BCUT2D eigenvalue weighted by atomic mass is 10.1. The highest BCUT2D eigenvalue weighted by Crippen LogP contribution is 2.26. The molecule has 0 saturated heterocycles. The quantitative estimate of drug-likeness (QED) is 0.497. The minimum absolute atomic E-state index is 0.190. The highest BCUT2D eigenvalue weighted by atomic mass is 16.1. The van der Waals surface area contributed by atoms with Crippen LogP contribution in [-0.4, -0.2) is 25.4 Å². The summed E-state index contributed by atoms with van der Waals surface area (Å²) in [4.78, 5) is 24.7. The first-order valence-electron chi connectivity index (χ1n) is 8.94. The molecule has 0 saturated carbocycles. The summed E-state index contributed by atoms with van der Waals surface area (Å²) < 4.78 is 1.93. The summed E-state index contributed by atoms with van der Waals surface area (Å²) in [5.74, 6) is -0.190. The van der Waals surface area contributed by atoms with Crippen molar-refractivity contribution in [1.82, 2.24) is 19.5 Å². The zero-order valence-corrected chi connectivity index (χ0v) is 15.2. The molecular weight excluding hydrogens is 350 g/mol. The number of nitrogens with zero attached hydrogens (tertiary/aromatic N) is 3. The van der Waals surface area contributed by atoms with Crippen molar-refractivity contribution < 1.29 is 4.79 Å². The van der Waals surface area contributed by atoms with E-state index in [1.807, 2.05) is 72.5 Å². The van der Waals surface area contributed by atoms with Crippen LogP contribution in [0.3, 0.4) is 0 Å². The molecule has 0 aliphatic rings. The van der Waals surface area contributed by atoms with E-state index >= 15 is 0 Å². The number of nitrogens with one attached hydrogen (secondary N) is 2. The fourth-order valence-electron chi connectivity index (χ4n) is 3.42. The van der Waals surface area contributed by atoms with Crippen LogP contribution in [0.4, 0.5) is 5.69 Å². The van der Waals surface area contributed by atoms with Crippen molar-refractivity contribution in [3.05, 3.63) is 78.9 Å². The molecule has 136 valence electrons. The highest BCUT2D eigenvalue weighted by Gasteiger charge is 2.16. The van der Waals surface area contributed by atoms with Crippen LogP contribution in [0.15, 0.2) is 73.3 Å². The second-order valence-electron chi connectivity index (χ2n) is 6.70. The Morgan fingerprint density at radius 2 is 1.89 bits per heavy atom. The lowest BCUT2D eigenvalue weighted by Gasteiger charge is -2.05. The van der Waals surface area contributed by atoms with Gasteiger partial charge < -0.3 is 14.9 Å². The van der Waals surface area contributed by atoms with Gasteiger partial charge in [-0.05, 0) is 29.8 Å². The average Bonchev–Trinajstić information content (AvgIpc) is 3.32. The number of aromatic nitrogens is 4. The number of amides is 1. The van der Waals surface area contributed by atoms with Crippen molar-refractivity contribution in [3.8, 4) is 11.1 Å². The van der Waals surface area contributed by atoms with Crippen LogP contribution in [0.1, 0.15) is 10.4 Å². The number of carbonyl (C=O) groups excluding carboxylic acids is 1. The van der Waals surface area contributed by atoms with Gasteiger partial charge in [-0.3, -0.25) is 9.78 Å². The topological polar surface area (TPSA) is 75.6 Å². The maximum absolute atomic E-state index is 12.9. The fourth-order valence-corrected chi connectivity index (χ4v) is 3.42. The van der Waals surface area contributed by atoms with Gasteiger partial charge in [0.05, 0.1) is 28.4 Å². The lowest BCUT2D eigenvalue weighted by molar-refractivity contribution is 0.102. The zero-order chi connectivity index (χ0) is 19.1. The van der Waals surface area contributed by atoms with Crippen molar-refractivity contribution in [3.63, 3.8) is 0 Å². The zero-order valence-electron chi connectivity index (χ0n) is 15.2. The van der Waals surface area contributed by atoms with Gasteiger partial charge in [-0.2, -0.15) is 0 Å². The number of benzene rings is 2. The summed E-state index contributed by atoms with van der Waals surface area (Å²) in [6, 6.07) is 17.7. The number of aromatic amines is 1. The molecule has 0 atom stereocenters. The van der Waals surface area contributed by atoms with Crippen molar-refractivity contribution in [2.75, 3.05) is 5.32 Å². The Kier molecular flexibility index (Phi) is 3.69. The number of anilines is 1. The molecule has 6 heteroatoms. The number of fused-ring (bicyclic) bond motifs is 2. The second kappa shape index (κ2) is 6.35. The largest absolute Gasteiger partial charge is 0.348 e. The SMILES string of the molecule is Cn1cc(C(=O)Nc2ccc3nc[nH]c3c2)c2ncc(-c3ccccc3)cc21. The van der Waals surface area contributed by atoms with E-state index in [4.69, 9.17) is 0 Å². The Morgan fingerprint density at radius 3 is 2.75 bits per heavy atom. The Labute approximate surface area is 160 Å². The number of aryl methyl sites for hydroxylation is 1. The number of H-pyrrole nitrogens is 1. The number of rotatable bonds is 3. The van der Waals surface area contributed by atoms with Gasteiger partial charge in [0.2, 0.25) is 0 Å². The Bertz CT molecular complexity index is 1320. The van der Waals surface area contributed by atoms with E-state index in [9.17, 15) is 4.79 Å². The van der Waals surface area contributed by atoms with E-state index in [2.05, 4.69) is 26.3 Å². The third kappa shape index (κ3) is 2.72. The van der Waals surface area contributed by atoms with Crippen LogP contribution in [0, 0.1) is 0 Å². The van der Waals surface area contributed by atoms with Crippen molar-refractivity contribution >= 4 is 33.7 Å². The van der Waals surface area contributed by atoms with Gasteiger partial charge in [-0.25, -0.2) is 4.98 Å². The van der Waals surface area contributed by atoms with Crippen LogP contribution >= 0.6 is 0 Å². The molecule has 5 rings (SSSR count). The van der Waals surface area contributed by atoms with E-state index in [0.29, 0.717) is 16.8 Å². The fraction of sp³-hybridized carbons (Fsp3) is 0.0455. The van der Waals surface area contributed by atoms with Crippen molar-refractivity contribution in [1.29, 1.82) is 0 Å². The molecular formula is C22H17N5O. The third-order valence-corrected chi connectivity index (χ3v) is 4.86. The average molecular weight is 367 g/mol. The van der Waals surface area contributed by atoms with Crippen molar-refractivity contribution in [2.45, 2.75) is 0 Å². The number of imidazole rings is 1. The molecule has 0 aliphatic carbocycles. The molecule has 0 bridgehead atoms. The molecule has 0 unspecified atom stereocenters. The lowest BCUT2D eigenvalue weighted by Crippen LogP contribution is -2.11. The molecule has 2 N–H and O–H groups in total. The number of hydrogen-bond donors (Lipinski definition) is 2. The van der Waals surface area contributed by atoms with Gasteiger partial charge in [0.1, 0.15) is 5.52 Å². The number of pyridine rings is 1. The summed E-state index contributed by atoms with van der Waals surface area (Å²) in [6.45, 7) is 0. The molecule has 0 fully saturated rings. The number of carbonyl (C=O) groups is 1. The Hall–Kier alpha value is -3.93. The molecule has 2 aromatic carbocycles. The summed E-state index contributed by atoms with van der Waals surface area (Å²) in [5, 5.41) is 2.95. The van der Waals surface area contributed by atoms with E-state index in [0.717, 1.165) is 27.7 Å². The molecule has 3 aromatic heterocycles. The Morgan fingerprint density at radius 1 is 1.04 bits per heavy atom. The van der Waals surface area contributed by atoms with Gasteiger partial charge in [-0.15, -0.1) is 0 Å². The smallest absolute Gasteiger partial charge is 0.259 e. The summed E-state index contributed by atoms with van der Waals surface area (Å²) in [5.41, 5.74) is 6.70. The van der Waals surface area contributed by atoms with E-state index in [-0.39, 0.29) is 5.91 Å². The normalized spacial score (nSPS) is 11.2. The number of hydrogen-bond acceptors (Lipinski definition) is 3. The van der Waals surface area contributed by atoms with Crippen molar-refractivity contribution in [2.24, 2.45) is 7.05 Å². The predicted octanol–water partition coefficient (Wildman–Crippen LogP) is 4.37. The standard InChI is InChI=1S/C22H17N5O/c1-27-12-17(22(28)26-16-7-8-18-19(10-16)25-13-24-18)21-20(27)9-15(11-23-21)14-5-3-2-4-6-14/h2-13H,1H3,(H,24,25)(H,26,28). The summed E-state index contributed by atoms with van der Waals surface area (Å²) in [6.07, 6.45) is 5.26. The highest BCUT2D eigenvalue weighted by molar-refractivity contribution is 6.12. The molecule has 0 aliphatic heterocycles. The van der Waals surface area contributed by atoms with Crippen LogP contribution in [-0.2, 0) is 7.05 Å². The molecule has 3 heterocycles. The summed E-state index contributed by atoms with van der Waals surface area (Å²) >= 11 is 0. The minimum Gasteiger partial charge on any atom is -0.348 e. The minimum atomic E-state index is -0.190.